The largest absolute Gasteiger partial charge is 0.445 e. The number of hydrogen-bond acceptors (Lipinski definition) is 3. The molecule has 0 spiro atoms. The van der Waals surface area contributed by atoms with Crippen molar-refractivity contribution < 1.29 is 14.6 Å². The Balaban J connectivity index is 1.88. The molecule has 110 valence electrons. The monoisotopic (exact) mass is 277 g/mol. The van der Waals surface area contributed by atoms with Gasteiger partial charge in [-0.3, -0.25) is 0 Å². The zero-order chi connectivity index (χ0) is 14.6. The first kappa shape index (κ1) is 14.9. The average Bonchev–Trinajstić information content (AvgIpc) is 2.92. The highest BCUT2D eigenvalue weighted by molar-refractivity contribution is 5.68. The molecule has 0 saturated carbocycles. The molecule has 0 aromatic heterocycles. The first-order valence-electron chi connectivity index (χ1n) is 7.14. The molecule has 1 fully saturated rings. The standard InChI is InChI=1S/C16H23NO3/c1-13(2)16(12-18)8-9-17(11-16)15(19)20-10-14-6-4-3-5-7-14/h3-7,13,18H,8-12H2,1-2H3. The Morgan fingerprint density at radius 2 is 2.10 bits per heavy atom. The Morgan fingerprint density at radius 1 is 1.40 bits per heavy atom. The molecule has 2 rings (SSSR count). The Hall–Kier alpha value is -1.55. The van der Waals surface area contributed by atoms with E-state index in [9.17, 15) is 9.90 Å². The lowest BCUT2D eigenvalue weighted by atomic mass is 9.77. The van der Waals surface area contributed by atoms with E-state index >= 15 is 0 Å². The zero-order valence-corrected chi connectivity index (χ0v) is 12.2. The Bertz CT molecular complexity index is 446. The lowest BCUT2D eigenvalue weighted by molar-refractivity contribution is 0.0699. The maximum Gasteiger partial charge on any atom is 0.410 e. The van der Waals surface area contributed by atoms with Crippen molar-refractivity contribution in [2.45, 2.75) is 26.9 Å². The van der Waals surface area contributed by atoms with Crippen LogP contribution >= 0.6 is 0 Å². The van der Waals surface area contributed by atoms with Crippen molar-refractivity contribution in [2.24, 2.45) is 11.3 Å². The number of rotatable bonds is 4. The average molecular weight is 277 g/mol. The molecule has 1 aliphatic rings. The van der Waals surface area contributed by atoms with E-state index in [1.807, 2.05) is 30.3 Å². The number of benzene rings is 1. The molecule has 0 radical (unpaired) electrons. The predicted octanol–water partition coefficient (Wildman–Crippen LogP) is 2.66. The number of ether oxygens (including phenoxy) is 1. The third-order valence-electron chi connectivity index (χ3n) is 4.39. The number of likely N-dealkylation sites (tertiary alicyclic amines) is 1. The summed E-state index contributed by atoms with van der Waals surface area (Å²) in [6.07, 6.45) is 0.548. The van der Waals surface area contributed by atoms with Gasteiger partial charge in [-0.1, -0.05) is 44.2 Å². The van der Waals surface area contributed by atoms with Gasteiger partial charge >= 0.3 is 6.09 Å². The van der Waals surface area contributed by atoms with Crippen molar-refractivity contribution in [1.29, 1.82) is 0 Å². The molecule has 1 unspecified atom stereocenters. The normalized spacial score (nSPS) is 22.3. The van der Waals surface area contributed by atoms with Gasteiger partial charge in [0.1, 0.15) is 6.61 Å². The van der Waals surface area contributed by atoms with Crippen molar-refractivity contribution in [1.82, 2.24) is 4.90 Å². The van der Waals surface area contributed by atoms with Crippen LogP contribution in [-0.4, -0.2) is 35.8 Å². The molecule has 1 aliphatic heterocycles. The lowest BCUT2D eigenvalue weighted by Crippen LogP contribution is -2.37. The second-order valence-corrected chi connectivity index (χ2v) is 5.89. The van der Waals surface area contributed by atoms with E-state index in [-0.39, 0.29) is 18.1 Å². The minimum Gasteiger partial charge on any atom is -0.445 e. The van der Waals surface area contributed by atoms with Crippen LogP contribution in [0.5, 0.6) is 0 Å². The summed E-state index contributed by atoms with van der Waals surface area (Å²) in [4.78, 5) is 13.8. The van der Waals surface area contributed by atoms with Gasteiger partial charge in [-0.25, -0.2) is 4.79 Å². The predicted molar refractivity (Wildman–Crippen MR) is 77.2 cm³/mol. The fourth-order valence-electron chi connectivity index (χ4n) is 2.65. The molecule has 1 amide bonds. The van der Waals surface area contributed by atoms with Crippen molar-refractivity contribution in [3.8, 4) is 0 Å². The number of aliphatic hydroxyl groups excluding tert-OH is 1. The molecule has 1 aromatic rings. The summed E-state index contributed by atoms with van der Waals surface area (Å²) in [6.45, 7) is 5.84. The van der Waals surface area contributed by atoms with Crippen LogP contribution in [0.25, 0.3) is 0 Å². The van der Waals surface area contributed by atoms with Crippen LogP contribution in [0, 0.1) is 11.3 Å². The minimum atomic E-state index is -0.287. The summed E-state index contributed by atoms with van der Waals surface area (Å²) < 4.78 is 5.33. The van der Waals surface area contributed by atoms with E-state index < -0.39 is 0 Å². The number of carbonyl (C=O) groups is 1. The minimum absolute atomic E-state index is 0.118. The molecule has 20 heavy (non-hydrogen) atoms. The van der Waals surface area contributed by atoms with Crippen LogP contribution in [0.2, 0.25) is 0 Å². The van der Waals surface area contributed by atoms with Crippen LogP contribution < -0.4 is 0 Å². The fraction of sp³-hybridized carbons (Fsp3) is 0.562. The maximum absolute atomic E-state index is 12.1. The summed E-state index contributed by atoms with van der Waals surface area (Å²) in [5, 5.41) is 9.62. The topological polar surface area (TPSA) is 49.8 Å². The third-order valence-corrected chi connectivity index (χ3v) is 4.39. The van der Waals surface area contributed by atoms with E-state index in [0.29, 0.717) is 25.6 Å². The molecular formula is C16H23NO3. The van der Waals surface area contributed by atoms with Gasteiger partial charge in [-0.05, 0) is 17.9 Å². The van der Waals surface area contributed by atoms with Crippen LogP contribution in [0.15, 0.2) is 30.3 Å². The van der Waals surface area contributed by atoms with Crippen LogP contribution in [-0.2, 0) is 11.3 Å². The lowest BCUT2D eigenvalue weighted by Gasteiger charge is -2.31. The Kier molecular flexibility index (Phi) is 4.65. The summed E-state index contributed by atoms with van der Waals surface area (Å²) in [5.41, 5.74) is 0.809. The molecule has 0 aliphatic carbocycles. The quantitative estimate of drug-likeness (QED) is 0.920. The van der Waals surface area contributed by atoms with E-state index in [1.54, 1.807) is 4.90 Å². The van der Waals surface area contributed by atoms with Gasteiger partial charge in [0.05, 0.1) is 6.61 Å². The van der Waals surface area contributed by atoms with Gasteiger partial charge in [0.2, 0.25) is 0 Å². The first-order valence-corrected chi connectivity index (χ1v) is 7.14. The van der Waals surface area contributed by atoms with Gasteiger partial charge in [0, 0.05) is 18.5 Å². The van der Waals surface area contributed by atoms with E-state index in [1.165, 1.54) is 0 Å². The maximum atomic E-state index is 12.1. The van der Waals surface area contributed by atoms with Gasteiger partial charge in [-0.2, -0.15) is 0 Å². The molecule has 1 heterocycles. The van der Waals surface area contributed by atoms with Crippen molar-refractivity contribution in [3.63, 3.8) is 0 Å². The van der Waals surface area contributed by atoms with Crippen molar-refractivity contribution in [3.05, 3.63) is 35.9 Å². The third kappa shape index (κ3) is 3.12. The molecule has 1 atom stereocenters. The summed E-state index contributed by atoms with van der Waals surface area (Å²) in [6, 6.07) is 9.65. The molecular weight excluding hydrogens is 254 g/mol. The molecule has 1 saturated heterocycles. The summed E-state index contributed by atoms with van der Waals surface area (Å²) in [7, 11) is 0. The molecule has 4 nitrogen and oxygen atoms in total. The van der Waals surface area contributed by atoms with Crippen LogP contribution in [0.4, 0.5) is 4.79 Å². The summed E-state index contributed by atoms with van der Waals surface area (Å²) >= 11 is 0. The number of aliphatic hydroxyl groups is 1. The highest BCUT2D eigenvalue weighted by Crippen LogP contribution is 2.37. The Morgan fingerprint density at radius 3 is 2.65 bits per heavy atom. The van der Waals surface area contributed by atoms with E-state index in [0.717, 1.165) is 12.0 Å². The Labute approximate surface area is 120 Å². The van der Waals surface area contributed by atoms with Crippen molar-refractivity contribution >= 4 is 6.09 Å². The molecule has 1 aromatic carbocycles. The molecule has 4 heteroatoms. The summed E-state index contributed by atoms with van der Waals surface area (Å²) in [5.74, 6) is 0.347. The number of hydrogen-bond donors (Lipinski definition) is 1. The zero-order valence-electron chi connectivity index (χ0n) is 12.2. The van der Waals surface area contributed by atoms with Crippen LogP contribution in [0.1, 0.15) is 25.8 Å². The van der Waals surface area contributed by atoms with Crippen LogP contribution in [0.3, 0.4) is 0 Å². The number of amides is 1. The van der Waals surface area contributed by atoms with Gasteiger partial charge in [-0.15, -0.1) is 0 Å². The number of carbonyl (C=O) groups excluding carboxylic acids is 1. The van der Waals surface area contributed by atoms with Gasteiger partial charge in [0.15, 0.2) is 0 Å². The molecule has 1 N–H and O–H groups in total. The van der Waals surface area contributed by atoms with E-state index in [4.69, 9.17) is 4.74 Å². The molecule has 0 bridgehead atoms. The SMILES string of the molecule is CC(C)C1(CO)CCN(C(=O)OCc2ccccc2)C1. The van der Waals surface area contributed by atoms with Gasteiger partial charge in [0.25, 0.3) is 0 Å². The first-order chi connectivity index (χ1) is 9.57. The van der Waals surface area contributed by atoms with E-state index in [2.05, 4.69) is 13.8 Å². The highest BCUT2D eigenvalue weighted by atomic mass is 16.6. The van der Waals surface area contributed by atoms with Crippen molar-refractivity contribution in [2.75, 3.05) is 19.7 Å². The second-order valence-electron chi connectivity index (χ2n) is 5.89. The van der Waals surface area contributed by atoms with Gasteiger partial charge < -0.3 is 14.7 Å². The highest BCUT2D eigenvalue weighted by Gasteiger charge is 2.42. The smallest absolute Gasteiger partial charge is 0.410 e. The number of nitrogens with zero attached hydrogens (tertiary/aromatic N) is 1. The second kappa shape index (κ2) is 6.27. The fourth-order valence-corrected chi connectivity index (χ4v) is 2.65.